The molecule has 0 spiro atoms. The van der Waals surface area contributed by atoms with Crippen LogP contribution in [-0.2, 0) is 15.9 Å². The Balaban J connectivity index is 1.78. The van der Waals surface area contributed by atoms with Gasteiger partial charge < -0.3 is 19.5 Å². The number of alkyl carbamates (subject to hydrolysis) is 1. The van der Waals surface area contributed by atoms with E-state index in [4.69, 9.17) is 25.8 Å². The summed E-state index contributed by atoms with van der Waals surface area (Å²) in [5.41, 5.74) is 2.33. The van der Waals surface area contributed by atoms with E-state index in [0.717, 1.165) is 12.0 Å². The largest absolute Gasteiger partial charge is 0.490 e. The lowest BCUT2D eigenvalue weighted by atomic mass is 10.1. The third-order valence-electron chi connectivity index (χ3n) is 3.48. The molecule has 0 fully saturated rings. The van der Waals surface area contributed by atoms with Gasteiger partial charge in [0.1, 0.15) is 12.4 Å². The van der Waals surface area contributed by atoms with Gasteiger partial charge in [-0.1, -0.05) is 48.0 Å². The highest BCUT2D eigenvalue weighted by Crippen LogP contribution is 2.26. The quantitative estimate of drug-likeness (QED) is 0.568. The molecule has 1 unspecified atom stereocenters. The molecule has 1 atom stereocenters. The van der Waals surface area contributed by atoms with Crippen LogP contribution < -0.4 is 10.1 Å². The molecule has 0 aliphatic heterocycles. The summed E-state index contributed by atoms with van der Waals surface area (Å²) in [7, 11) is 1.46. The fourth-order valence-corrected chi connectivity index (χ4v) is 2.42. The van der Waals surface area contributed by atoms with Crippen LogP contribution in [0.4, 0.5) is 4.79 Å². The van der Waals surface area contributed by atoms with E-state index < -0.39 is 12.4 Å². The van der Waals surface area contributed by atoms with Crippen LogP contribution in [0.5, 0.6) is 5.75 Å². The fourth-order valence-electron chi connectivity index (χ4n) is 2.16. The Morgan fingerprint density at radius 1 is 1.16 bits per heavy atom. The van der Waals surface area contributed by atoms with E-state index in [0.29, 0.717) is 17.3 Å². The molecular formula is C19H22ClNO4. The molecule has 0 heterocycles. The smallest absolute Gasteiger partial charge is 0.409 e. The zero-order valence-electron chi connectivity index (χ0n) is 14.3. The first-order valence-corrected chi connectivity index (χ1v) is 8.38. The number of ether oxygens (including phenoxy) is 3. The Labute approximate surface area is 152 Å². The van der Waals surface area contributed by atoms with Crippen molar-refractivity contribution in [3.63, 3.8) is 0 Å². The Morgan fingerprint density at radius 2 is 1.92 bits per heavy atom. The minimum atomic E-state index is -0.590. The number of carbonyl (C=O) groups excluding carboxylic acids is 1. The maximum Gasteiger partial charge on any atom is 0.409 e. The van der Waals surface area contributed by atoms with Crippen molar-refractivity contribution < 1.29 is 19.0 Å². The number of hydrogen-bond acceptors (Lipinski definition) is 4. The molecule has 0 aliphatic carbocycles. The van der Waals surface area contributed by atoms with E-state index in [2.05, 4.69) is 17.4 Å². The van der Waals surface area contributed by atoms with Crippen LogP contribution in [0.2, 0.25) is 5.02 Å². The summed E-state index contributed by atoms with van der Waals surface area (Å²) in [6, 6.07) is 15.9. The minimum Gasteiger partial charge on any atom is -0.490 e. The molecule has 5 nitrogen and oxygen atoms in total. The predicted molar refractivity (Wildman–Crippen MR) is 97.1 cm³/mol. The van der Waals surface area contributed by atoms with Crippen molar-refractivity contribution in [2.75, 3.05) is 20.3 Å². The third-order valence-corrected chi connectivity index (χ3v) is 3.78. The van der Waals surface area contributed by atoms with Gasteiger partial charge in [0.05, 0.1) is 11.6 Å². The van der Waals surface area contributed by atoms with Gasteiger partial charge in [-0.05, 0) is 36.6 Å². The Bertz CT molecular complexity index is 678. The minimum absolute atomic E-state index is 0.286. The van der Waals surface area contributed by atoms with Crippen molar-refractivity contribution in [2.24, 2.45) is 0 Å². The van der Waals surface area contributed by atoms with E-state index in [9.17, 15) is 4.79 Å². The van der Waals surface area contributed by atoms with Crippen molar-refractivity contribution in [2.45, 2.75) is 19.6 Å². The van der Waals surface area contributed by atoms with Crippen LogP contribution in [0.25, 0.3) is 0 Å². The lowest BCUT2D eigenvalue weighted by Crippen LogP contribution is -2.31. The fraction of sp³-hybridized carbons (Fsp3) is 0.316. The van der Waals surface area contributed by atoms with Crippen LogP contribution in [0.3, 0.4) is 0 Å². The van der Waals surface area contributed by atoms with Crippen LogP contribution >= 0.6 is 11.6 Å². The second-order valence-electron chi connectivity index (χ2n) is 5.41. The molecule has 25 heavy (non-hydrogen) atoms. The van der Waals surface area contributed by atoms with E-state index >= 15 is 0 Å². The molecular weight excluding hydrogens is 342 g/mol. The average molecular weight is 364 g/mol. The molecule has 0 radical (unpaired) electrons. The highest BCUT2D eigenvalue weighted by atomic mass is 35.5. The summed E-state index contributed by atoms with van der Waals surface area (Å²) in [4.78, 5) is 11.4. The number of halogens is 1. The molecule has 1 N–H and O–H groups in total. The maximum absolute atomic E-state index is 11.4. The number of benzene rings is 2. The summed E-state index contributed by atoms with van der Waals surface area (Å²) >= 11 is 6.27. The van der Waals surface area contributed by atoms with E-state index in [-0.39, 0.29) is 6.61 Å². The zero-order chi connectivity index (χ0) is 18.1. The molecule has 0 bridgehead atoms. The lowest BCUT2D eigenvalue weighted by Gasteiger charge is -2.13. The molecule has 134 valence electrons. The predicted octanol–water partition coefficient (Wildman–Crippen LogP) is 4.03. The van der Waals surface area contributed by atoms with Crippen molar-refractivity contribution in [3.05, 3.63) is 64.7 Å². The first-order valence-electron chi connectivity index (χ1n) is 8.01. The van der Waals surface area contributed by atoms with Crippen molar-refractivity contribution in [1.82, 2.24) is 5.32 Å². The SMILES string of the molecule is COC(C)OC(=O)NCCOc1ccc(Cc2ccccc2)cc1Cl. The summed E-state index contributed by atoms with van der Waals surface area (Å²) in [6.07, 6.45) is -0.332. The first kappa shape index (κ1) is 19.1. The molecule has 2 rings (SSSR count). The second-order valence-corrected chi connectivity index (χ2v) is 5.82. The molecule has 6 heteroatoms. The highest BCUT2D eigenvalue weighted by Gasteiger charge is 2.08. The third kappa shape index (κ3) is 6.64. The van der Waals surface area contributed by atoms with Crippen LogP contribution in [0, 0.1) is 0 Å². The molecule has 1 amide bonds. The van der Waals surface area contributed by atoms with Crippen molar-refractivity contribution in [3.8, 4) is 5.75 Å². The van der Waals surface area contributed by atoms with Gasteiger partial charge in [0.2, 0.25) is 6.29 Å². The summed E-state index contributed by atoms with van der Waals surface area (Å²) in [5.74, 6) is 0.582. The number of nitrogens with one attached hydrogen (secondary N) is 1. The number of methoxy groups -OCH3 is 1. The molecule has 0 aliphatic rings. The molecule has 2 aromatic rings. The van der Waals surface area contributed by atoms with Gasteiger partial charge in [-0.15, -0.1) is 0 Å². The second kappa shape index (κ2) is 9.91. The maximum atomic E-state index is 11.4. The van der Waals surface area contributed by atoms with Gasteiger partial charge in [0, 0.05) is 7.11 Å². The van der Waals surface area contributed by atoms with Gasteiger partial charge in [-0.2, -0.15) is 0 Å². The van der Waals surface area contributed by atoms with Gasteiger partial charge in [0.25, 0.3) is 0 Å². The van der Waals surface area contributed by atoms with E-state index in [1.165, 1.54) is 12.7 Å². The summed E-state index contributed by atoms with van der Waals surface area (Å²) < 4.78 is 15.3. The number of rotatable bonds is 8. The average Bonchev–Trinajstić information content (AvgIpc) is 2.61. The van der Waals surface area contributed by atoms with Crippen molar-refractivity contribution in [1.29, 1.82) is 0 Å². The summed E-state index contributed by atoms with van der Waals surface area (Å²) in [5, 5.41) is 3.12. The van der Waals surface area contributed by atoms with Crippen molar-refractivity contribution >= 4 is 17.7 Å². The van der Waals surface area contributed by atoms with Crippen LogP contribution in [0.15, 0.2) is 48.5 Å². The van der Waals surface area contributed by atoms with Crippen LogP contribution in [0.1, 0.15) is 18.1 Å². The van der Waals surface area contributed by atoms with Gasteiger partial charge in [-0.25, -0.2) is 4.79 Å². The lowest BCUT2D eigenvalue weighted by molar-refractivity contribution is -0.0675. The highest BCUT2D eigenvalue weighted by molar-refractivity contribution is 6.32. The zero-order valence-corrected chi connectivity index (χ0v) is 15.1. The molecule has 0 saturated heterocycles. The number of hydrogen-bond donors (Lipinski definition) is 1. The van der Waals surface area contributed by atoms with Gasteiger partial charge in [-0.3, -0.25) is 0 Å². The van der Waals surface area contributed by atoms with E-state index in [1.807, 2.05) is 36.4 Å². The Kier molecular flexibility index (Phi) is 7.57. The van der Waals surface area contributed by atoms with Crippen LogP contribution in [-0.4, -0.2) is 32.6 Å². The Morgan fingerprint density at radius 3 is 2.60 bits per heavy atom. The monoisotopic (exact) mass is 363 g/mol. The molecule has 0 aromatic heterocycles. The van der Waals surface area contributed by atoms with Gasteiger partial charge >= 0.3 is 6.09 Å². The molecule has 0 saturated carbocycles. The number of carbonyl (C=O) groups is 1. The normalized spacial score (nSPS) is 11.6. The van der Waals surface area contributed by atoms with E-state index in [1.54, 1.807) is 6.92 Å². The Hall–Kier alpha value is -2.24. The topological polar surface area (TPSA) is 56.8 Å². The molecule has 2 aromatic carbocycles. The summed E-state index contributed by atoms with van der Waals surface area (Å²) in [6.45, 7) is 2.22. The standard InChI is InChI=1S/C19H22ClNO4/c1-14(23-2)25-19(22)21-10-11-24-18-9-8-16(13-17(18)20)12-15-6-4-3-5-7-15/h3-9,13-14H,10-12H2,1-2H3,(H,21,22). The first-order chi connectivity index (χ1) is 12.1. The number of amides is 1. The van der Waals surface area contributed by atoms with Gasteiger partial charge in [0.15, 0.2) is 0 Å².